The number of carbonyl (C=O) groups excluding carboxylic acids is 2. The number of nitrogens with zero attached hydrogens (tertiary/aromatic N) is 1. The number of anilines is 1. The molecule has 0 radical (unpaired) electrons. The lowest BCUT2D eigenvalue weighted by molar-refractivity contribution is -0.167. The van der Waals surface area contributed by atoms with Crippen LogP contribution in [0.3, 0.4) is 0 Å². The van der Waals surface area contributed by atoms with Crippen molar-refractivity contribution in [1.82, 2.24) is 5.43 Å². The standard InChI is InChI=1S/C19H18F3N3O2/c1-13(24-25-17(26)12-7-14-5-3-2-4-6-14)15-8-10-16(11-9-15)23-18(27)19(20,21)22/h2-6,8-11H,7,12H2,1H3,(H,23,27)(H,25,26). The Morgan fingerprint density at radius 2 is 1.63 bits per heavy atom. The molecule has 8 heteroatoms. The van der Waals surface area contributed by atoms with E-state index in [1.165, 1.54) is 24.3 Å². The number of benzene rings is 2. The lowest BCUT2D eigenvalue weighted by Crippen LogP contribution is -2.29. The number of aryl methyl sites for hydroxylation is 1. The molecule has 0 fully saturated rings. The minimum absolute atomic E-state index is 0.0146. The van der Waals surface area contributed by atoms with Crippen LogP contribution in [0.25, 0.3) is 0 Å². The molecule has 0 bridgehead atoms. The highest BCUT2D eigenvalue weighted by molar-refractivity contribution is 6.00. The summed E-state index contributed by atoms with van der Waals surface area (Å²) in [4.78, 5) is 22.7. The monoisotopic (exact) mass is 377 g/mol. The fraction of sp³-hybridized carbons (Fsp3) is 0.211. The predicted octanol–water partition coefficient (Wildman–Crippen LogP) is 3.66. The summed E-state index contributed by atoms with van der Waals surface area (Å²) in [5, 5.41) is 5.74. The van der Waals surface area contributed by atoms with Crippen LogP contribution in [0.1, 0.15) is 24.5 Å². The Bertz CT molecular complexity index is 816. The summed E-state index contributed by atoms with van der Waals surface area (Å²) in [6.07, 6.45) is -4.07. The van der Waals surface area contributed by atoms with E-state index in [-0.39, 0.29) is 18.0 Å². The molecular weight excluding hydrogens is 359 g/mol. The van der Waals surface area contributed by atoms with Crippen LogP contribution >= 0.6 is 0 Å². The van der Waals surface area contributed by atoms with Crippen LogP contribution in [0.15, 0.2) is 59.7 Å². The molecule has 0 saturated carbocycles. The zero-order chi connectivity index (χ0) is 19.9. The van der Waals surface area contributed by atoms with Gasteiger partial charge in [-0.25, -0.2) is 5.43 Å². The van der Waals surface area contributed by atoms with Gasteiger partial charge in [-0.2, -0.15) is 18.3 Å². The first-order valence-corrected chi connectivity index (χ1v) is 8.11. The summed E-state index contributed by atoms with van der Waals surface area (Å²) in [5.74, 6) is -2.28. The van der Waals surface area contributed by atoms with Gasteiger partial charge in [-0.05, 0) is 36.6 Å². The molecule has 0 heterocycles. The van der Waals surface area contributed by atoms with Gasteiger partial charge in [0.15, 0.2) is 0 Å². The molecule has 2 aromatic rings. The summed E-state index contributed by atoms with van der Waals surface area (Å²) >= 11 is 0. The Morgan fingerprint density at radius 1 is 1.00 bits per heavy atom. The maximum Gasteiger partial charge on any atom is 0.471 e. The first-order chi connectivity index (χ1) is 12.8. The quantitative estimate of drug-likeness (QED) is 0.596. The zero-order valence-electron chi connectivity index (χ0n) is 14.5. The van der Waals surface area contributed by atoms with E-state index in [4.69, 9.17) is 0 Å². The third-order valence-electron chi connectivity index (χ3n) is 3.65. The molecule has 0 aliphatic rings. The van der Waals surface area contributed by atoms with Gasteiger partial charge in [0.05, 0.1) is 5.71 Å². The van der Waals surface area contributed by atoms with Crippen LogP contribution in [0.5, 0.6) is 0 Å². The topological polar surface area (TPSA) is 70.6 Å². The van der Waals surface area contributed by atoms with Crippen molar-refractivity contribution >= 4 is 23.2 Å². The van der Waals surface area contributed by atoms with Crippen LogP contribution < -0.4 is 10.7 Å². The van der Waals surface area contributed by atoms with Crippen molar-refractivity contribution in [3.63, 3.8) is 0 Å². The van der Waals surface area contributed by atoms with E-state index in [1.807, 2.05) is 30.3 Å². The lowest BCUT2D eigenvalue weighted by atomic mass is 10.1. The number of hydrogen-bond donors (Lipinski definition) is 2. The van der Waals surface area contributed by atoms with Gasteiger partial charge in [-0.3, -0.25) is 9.59 Å². The minimum atomic E-state index is -4.94. The Hall–Kier alpha value is -3.16. The van der Waals surface area contributed by atoms with Crippen molar-refractivity contribution in [3.8, 4) is 0 Å². The second-order valence-electron chi connectivity index (χ2n) is 5.75. The number of hydrazone groups is 1. The number of amides is 2. The summed E-state index contributed by atoms with van der Waals surface area (Å²) in [7, 11) is 0. The number of carbonyl (C=O) groups is 2. The molecule has 2 rings (SSSR count). The van der Waals surface area contributed by atoms with Crippen molar-refractivity contribution in [2.45, 2.75) is 25.9 Å². The van der Waals surface area contributed by atoms with Gasteiger partial charge >= 0.3 is 12.1 Å². The van der Waals surface area contributed by atoms with E-state index in [1.54, 1.807) is 12.2 Å². The van der Waals surface area contributed by atoms with E-state index in [0.717, 1.165) is 5.56 Å². The van der Waals surface area contributed by atoms with Crippen LogP contribution in [0.4, 0.5) is 18.9 Å². The van der Waals surface area contributed by atoms with Crippen LogP contribution in [-0.2, 0) is 16.0 Å². The van der Waals surface area contributed by atoms with Gasteiger partial charge in [-0.15, -0.1) is 0 Å². The number of alkyl halides is 3. The van der Waals surface area contributed by atoms with Gasteiger partial charge in [0, 0.05) is 12.1 Å². The van der Waals surface area contributed by atoms with Crippen molar-refractivity contribution in [1.29, 1.82) is 0 Å². The fourth-order valence-corrected chi connectivity index (χ4v) is 2.17. The summed E-state index contributed by atoms with van der Waals surface area (Å²) in [6, 6.07) is 15.2. The second kappa shape index (κ2) is 8.98. The van der Waals surface area contributed by atoms with Crippen molar-refractivity contribution in [2.75, 3.05) is 5.32 Å². The maximum absolute atomic E-state index is 12.2. The molecule has 0 aromatic heterocycles. The van der Waals surface area contributed by atoms with Gasteiger partial charge < -0.3 is 5.32 Å². The largest absolute Gasteiger partial charge is 0.471 e. The first kappa shape index (κ1) is 20.2. The molecule has 0 atom stereocenters. The van der Waals surface area contributed by atoms with Gasteiger partial charge in [-0.1, -0.05) is 42.5 Å². The van der Waals surface area contributed by atoms with E-state index in [0.29, 0.717) is 17.7 Å². The zero-order valence-corrected chi connectivity index (χ0v) is 14.5. The number of hydrogen-bond acceptors (Lipinski definition) is 3. The highest BCUT2D eigenvalue weighted by atomic mass is 19.4. The molecule has 0 saturated heterocycles. The maximum atomic E-state index is 12.2. The normalized spacial score (nSPS) is 11.8. The molecule has 142 valence electrons. The number of rotatable bonds is 6. The van der Waals surface area contributed by atoms with Gasteiger partial charge in [0.1, 0.15) is 0 Å². The smallest absolute Gasteiger partial charge is 0.318 e. The number of halogens is 3. The Balaban J connectivity index is 1.88. The first-order valence-electron chi connectivity index (χ1n) is 8.11. The van der Waals surface area contributed by atoms with Gasteiger partial charge in [0.2, 0.25) is 5.91 Å². The SMILES string of the molecule is CC(=NNC(=O)CCc1ccccc1)c1ccc(NC(=O)C(F)(F)F)cc1. The van der Waals surface area contributed by atoms with Gasteiger partial charge in [0.25, 0.3) is 0 Å². The Labute approximate surface area is 154 Å². The molecule has 2 N–H and O–H groups in total. The molecule has 2 aromatic carbocycles. The van der Waals surface area contributed by atoms with Crippen LogP contribution in [-0.4, -0.2) is 23.7 Å². The van der Waals surface area contributed by atoms with Crippen molar-refractivity contribution < 1.29 is 22.8 Å². The third-order valence-corrected chi connectivity index (χ3v) is 3.65. The summed E-state index contributed by atoms with van der Waals surface area (Å²) in [5.41, 5.74) is 4.59. The Kier molecular flexibility index (Phi) is 6.70. The third kappa shape index (κ3) is 6.58. The molecule has 0 aliphatic carbocycles. The van der Waals surface area contributed by atoms with Crippen molar-refractivity contribution in [2.24, 2.45) is 5.10 Å². The van der Waals surface area contributed by atoms with E-state index >= 15 is 0 Å². The van der Waals surface area contributed by atoms with Crippen LogP contribution in [0.2, 0.25) is 0 Å². The highest BCUT2D eigenvalue weighted by Gasteiger charge is 2.38. The van der Waals surface area contributed by atoms with E-state index in [2.05, 4.69) is 10.5 Å². The summed E-state index contributed by atoms with van der Waals surface area (Å²) in [6.45, 7) is 1.65. The average molecular weight is 377 g/mol. The second-order valence-corrected chi connectivity index (χ2v) is 5.75. The Morgan fingerprint density at radius 3 is 2.22 bits per heavy atom. The molecule has 0 spiro atoms. The minimum Gasteiger partial charge on any atom is -0.318 e. The molecule has 5 nitrogen and oxygen atoms in total. The molecule has 0 aliphatic heterocycles. The van der Waals surface area contributed by atoms with E-state index < -0.39 is 12.1 Å². The van der Waals surface area contributed by atoms with Crippen molar-refractivity contribution in [3.05, 3.63) is 65.7 Å². The lowest BCUT2D eigenvalue weighted by Gasteiger charge is -2.08. The van der Waals surface area contributed by atoms with Crippen LogP contribution in [0, 0.1) is 0 Å². The predicted molar refractivity (Wildman–Crippen MR) is 96.2 cm³/mol. The number of nitrogens with one attached hydrogen (secondary N) is 2. The summed E-state index contributed by atoms with van der Waals surface area (Å²) < 4.78 is 36.7. The molecule has 0 unspecified atom stereocenters. The highest BCUT2D eigenvalue weighted by Crippen LogP contribution is 2.18. The van der Waals surface area contributed by atoms with E-state index in [9.17, 15) is 22.8 Å². The molecule has 27 heavy (non-hydrogen) atoms. The average Bonchev–Trinajstić information content (AvgIpc) is 2.65. The fourth-order valence-electron chi connectivity index (χ4n) is 2.17. The molecular formula is C19H18F3N3O2. The molecule has 2 amide bonds.